The molecule has 0 saturated carbocycles. The Hall–Kier alpha value is -3.24. The number of hydrogen-bond acceptors (Lipinski definition) is 5. The molecule has 3 rings (SSSR count). The second kappa shape index (κ2) is 9.27. The van der Waals surface area contributed by atoms with Gasteiger partial charge in [-0.25, -0.2) is 18.7 Å². The van der Waals surface area contributed by atoms with Crippen molar-refractivity contribution in [1.29, 1.82) is 0 Å². The summed E-state index contributed by atoms with van der Waals surface area (Å²) in [6.07, 6.45) is 4.14. The molecule has 0 aliphatic carbocycles. The van der Waals surface area contributed by atoms with E-state index >= 15 is 0 Å². The van der Waals surface area contributed by atoms with Gasteiger partial charge in [-0.3, -0.25) is 4.79 Å². The number of ether oxygens (including phenoxy) is 1. The minimum absolute atomic E-state index is 0.180. The number of halogens is 2. The van der Waals surface area contributed by atoms with Gasteiger partial charge in [-0.15, -0.1) is 10.1 Å². The topological polar surface area (TPSA) is 96.7 Å². The summed E-state index contributed by atoms with van der Waals surface area (Å²) in [6.45, 7) is 1.29. The van der Waals surface area contributed by atoms with Gasteiger partial charge in [-0.05, 0) is 42.2 Å². The quantitative estimate of drug-likeness (QED) is 0.484. The first-order valence-corrected chi connectivity index (χ1v) is 11.5. The standard InChI is InChI=1S/C21H22F2N4O3S/c1-13(28)27-31(3,29)12-14-6-7-24-20(8-14)26-21-10-17(18(23)11-25-21)16-5-4-15(22)9-19(16)30-2/h4-11,31H,12H2,1-3H3,(H,24,25,26)(H,27,28,29). The lowest BCUT2D eigenvalue weighted by atomic mass is 10.0. The molecule has 0 aliphatic rings. The number of nitrogens with zero attached hydrogens (tertiary/aromatic N) is 3. The maximum Gasteiger partial charge on any atom is 0.248 e. The van der Waals surface area contributed by atoms with Crippen LogP contribution in [-0.4, -0.2) is 33.8 Å². The van der Waals surface area contributed by atoms with Crippen molar-refractivity contribution in [3.63, 3.8) is 0 Å². The van der Waals surface area contributed by atoms with Gasteiger partial charge in [0, 0.05) is 36.1 Å². The lowest BCUT2D eigenvalue weighted by Crippen LogP contribution is -2.13. The molecule has 2 heterocycles. The predicted octanol–water partition coefficient (Wildman–Crippen LogP) is 4.39. The highest BCUT2D eigenvalue weighted by Gasteiger charge is 2.14. The minimum atomic E-state index is -2.78. The van der Waals surface area contributed by atoms with Crippen molar-refractivity contribution in [3.8, 4) is 16.9 Å². The second-order valence-corrected chi connectivity index (χ2v) is 9.63. The van der Waals surface area contributed by atoms with Gasteiger partial charge in [0.2, 0.25) is 5.91 Å². The number of thiol groups is 1. The van der Waals surface area contributed by atoms with Gasteiger partial charge in [-0.1, -0.05) is 0 Å². The van der Waals surface area contributed by atoms with Crippen LogP contribution >= 0.6 is 0 Å². The minimum Gasteiger partial charge on any atom is -0.496 e. The van der Waals surface area contributed by atoms with E-state index in [0.717, 1.165) is 11.8 Å². The third-order valence-corrected chi connectivity index (χ3v) is 5.90. The van der Waals surface area contributed by atoms with E-state index in [4.69, 9.17) is 4.74 Å². The summed E-state index contributed by atoms with van der Waals surface area (Å²) in [5.41, 5.74) is 1.28. The number of aromatic nitrogens is 2. The molecule has 0 unspecified atom stereocenters. The van der Waals surface area contributed by atoms with E-state index in [9.17, 15) is 18.1 Å². The van der Waals surface area contributed by atoms with Crippen molar-refractivity contribution in [2.24, 2.45) is 4.36 Å². The van der Waals surface area contributed by atoms with Gasteiger partial charge in [-0.2, -0.15) is 4.36 Å². The predicted molar refractivity (Wildman–Crippen MR) is 118 cm³/mol. The molecule has 2 aromatic heterocycles. The number of amides is 1. The number of rotatable bonds is 6. The maximum atomic E-state index is 14.4. The fraction of sp³-hybridized carbons (Fsp3) is 0.190. The summed E-state index contributed by atoms with van der Waals surface area (Å²) in [7, 11) is -1.40. The fourth-order valence-electron chi connectivity index (χ4n) is 3.06. The molecule has 0 radical (unpaired) electrons. The van der Waals surface area contributed by atoms with Gasteiger partial charge < -0.3 is 14.6 Å². The molecule has 0 bridgehead atoms. The van der Waals surface area contributed by atoms with Crippen molar-refractivity contribution in [3.05, 3.63) is 66.0 Å². The SMILES string of the molecule is COc1cc(F)ccc1-c1cc(Nc2cc(C[SH](C)(O)=NC(C)=O)ccn2)ncc1F. The first kappa shape index (κ1) is 22.4. The van der Waals surface area contributed by atoms with E-state index in [2.05, 4.69) is 19.6 Å². The van der Waals surface area contributed by atoms with Crippen LogP contribution in [0.4, 0.5) is 20.4 Å². The zero-order valence-electron chi connectivity index (χ0n) is 17.1. The van der Waals surface area contributed by atoms with Gasteiger partial charge >= 0.3 is 0 Å². The lowest BCUT2D eigenvalue weighted by Gasteiger charge is -2.17. The largest absolute Gasteiger partial charge is 0.496 e. The maximum absolute atomic E-state index is 14.4. The highest BCUT2D eigenvalue weighted by Crippen LogP contribution is 2.33. The van der Waals surface area contributed by atoms with Crippen molar-refractivity contribution in [2.45, 2.75) is 12.7 Å². The number of carbonyl (C=O) groups is 1. The summed E-state index contributed by atoms with van der Waals surface area (Å²) < 4.78 is 47.3. The first-order valence-electron chi connectivity index (χ1n) is 9.20. The van der Waals surface area contributed by atoms with Crippen LogP contribution in [0.25, 0.3) is 11.1 Å². The Morgan fingerprint density at radius 3 is 2.61 bits per heavy atom. The zero-order chi connectivity index (χ0) is 22.6. The average molecular weight is 448 g/mol. The van der Waals surface area contributed by atoms with Crippen LogP contribution in [0.2, 0.25) is 0 Å². The Bertz CT molecular complexity index is 1180. The molecule has 1 aromatic carbocycles. The smallest absolute Gasteiger partial charge is 0.248 e. The van der Waals surface area contributed by atoms with E-state index in [1.807, 2.05) is 0 Å². The van der Waals surface area contributed by atoms with E-state index < -0.39 is 27.6 Å². The van der Waals surface area contributed by atoms with E-state index in [0.29, 0.717) is 17.2 Å². The molecule has 31 heavy (non-hydrogen) atoms. The number of hydrogen-bond donors (Lipinski definition) is 3. The zero-order valence-corrected chi connectivity index (χ0v) is 18.0. The molecule has 3 aromatic rings. The molecule has 1 amide bonds. The highest BCUT2D eigenvalue weighted by molar-refractivity contribution is 7.98. The lowest BCUT2D eigenvalue weighted by molar-refractivity contribution is -0.115. The molecule has 0 atom stereocenters. The number of benzene rings is 1. The Labute approximate surface area is 179 Å². The number of nitrogens with one attached hydrogen (secondary N) is 1. The van der Waals surface area contributed by atoms with Gasteiger partial charge in [0.1, 0.15) is 29.0 Å². The molecular formula is C21H22F2N4O3S. The summed E-state index contributed by atoms with van der Waals surface area (Å²) in [5.74, 6) is -0.396. The van der Waals surface area contributed by atoms with Crippen LogP contribution in [0, 0.1) is 11.6 Å². The van der Waals surface area contributed by atoms with Crippen LogP contribution in [0.15, 0.2) is 53.2 Å². The summed E-state index contributed by atoms with van der Waals surface area (Å²) in [5, 5.41) is 2.99. The van der Waals surface area contributed by atoms with E-state index in [-0.39, 0.29) is 17.1 Å². The van der Waals surface area contributed by atoms with Crippen molar-refractivity contribution in [1.82, 2.24) is 9.97 Å². The van der Waals surface area contributed by atoms with Gasteiger partial charge in [0.05, 0.1) is 13.3 Å². The number of pyridine rings is 2. The summed E-state index contributed by atoms with van der Waals surface area (Å²) >= 11 is 0. The van der Waals surface area contributed by atoms with Gasteiger partial charge in [0.15, 0.2) is 0 Å². The monoisotopic (exact) mass is 448 g/mol. The van der Waals surface area contributed by atoms with Crippen molar-refractivity contribution < 1.29 is 22.9 Å². The van der Waals surface area contributed by atoms with Crippen LogP contribution in [0.3, 0.4) is 0 Å². The van der Waals surface area contributed by atoms with Crippen LogP contribution in [0.1, 0.15) is 12.5 Å². The van der Waals surface area contributed by atoms with Crippen LogP contribution in [0.5, 0.6) is 5.75 Å². The highest BCUT2D eigenvalue weighted by atomic mass is 32.3. The Morgan fingerprint density at radius 1 is 1.16 bits per heavy atom. The first-order chi connectivity index (χ1) is 14.7. The Morgan fingerprint density at radius 2 is 1.90 bits per heavy atom. The average Bonchev–Trinajstić information content (AvgIpc) is 2.68. The summed E-state index contributed by atoms with van der Waals surface area (Å²) in [6, 6.07) is 8.69. The molecular weight excluding hydrogens is 426 g/mol. The van der Waals surface area contributed by atoms with Crippen molar-refractivity contribution in [2.75, 3.05) is 18.7 Å². The molecule has 0 saturated heterocycles. The Kier molecular flexibility index (Phi) is 6.71. The number of methoxy groups -OCH3 is 1. The third-order valence-electron chi connectivity index (χ3n) is 4.23. The molecule has 164 valence electrons. The molecule has 2 N–H and O–H groups in total. The third kappa shape index (κ3) is 5.89. The van der Waals surface area contributed by atoms with E-state index in [1.165, 1.54) is 38.3 Å². The van der Waals surface area contributed by atoms with Crippen molar-refractivity contribution >= 4 is 27.6 Å². The fourth-order valence-corrected chi connectivity index (χ4v) is 4.62. The van der Waals surface area contributed by atoms with Crippen LogP contribution < -0.4 is 10.1 Å². The molecule has 0 aliphatic heterocycles. The summed E-state index contributed by atoms with van der Waals surface area (Å²) in [4.78, 5) is 19.4. The number of anilines is 2. The molecule has 7 nitrogen and oxygen atoms in total. The molecule has 0 spiro atoms. The second-order valence-electron chi connectivity index (χ2n) is 6.93. The van der Waals surface area contributed by atoms with Gasteiger partial charge in [0.25, 0.3) is 0 Å². The van der Waals surface area contributed by atoms with Crippen LogP contribution in [-0.2, 0) is 20.7 Å². The Balaban J connectivity index is 1.90. The number of carbonyl (C=O) groups excluding carboxylic acids is 1. The van der Waals surface area contributed by atoms with E-state index in [1.54, 1.807) is 24.6 Å². The normalized spacial score (nSPS) is 11.7. The molecule has 10 heteroatoms. The molecule has 0 fully saturated rings.